The molecule has 6 heteroatoms. The van der Waals surface area contributed by atoms with E-state index in [1.54, 1.807) is 20.3 Å². The first-order valence-corrected chi connectivity index (χ1v) is 8.88. The number of anilines is 1. The first-order chi connectivity index (χ1) is 14.2. The van der Waals surface area contributed by atoms with Crippen molar-refractivity contribution in [1.29, 1.82) is 10.5 Å². The van der Waals surface area contributed by atoms with Gasteiger partial charge >= 0.3 is 0 Å². The van der Waals surface area contributed by atoms with Crippen LogP contribution in [0.3, 0.4) is 0 Å². The monoisotopic (exact) mass is 383 g/mol. The summed E-state index contributed by atoms with van der Waals surface area (Å²) < 4.78 is 17.0. The average molecular weight is 383 g/mol. The van der Waals surface area contributed by atoms with Gasteiger partial charge in [-0.05, 0) is 12.1 Å². The second kappa shape index (κ2) is 7.10. The Morgan fingerprint density at radius 1 is 0.897 bits per heavy atom. The van der Waals surface area contributed by atoms with Crippen LogP contribution in [-0.2, 0) is 6.61 Å². The molecule has 0 fully saturated rings. The summed E-state index contributed by atoms with van der Waals surface area (Å²) in [6.45, 7) is 0.200. The molecule has 3 aromatic carbocycles. The zero-order chi connectivity index (χ0) is 20.5. The van der Waals surface area contributed by atoms with Gasteiger partial charge in [0.1, 0.15) is 24.5 Å². The number of benzene rings is 3. The molecule has 0 saturated heterocycles. The van der Waals surface area contributed by atoms with Crippen LogP contribution in [0.25, 0.3) is 22.3 Å². The summed E-state index contributed by atoms with van der Waals surface area (Å²) in [4.78, 5) is 0. The SMILES string of the molecule is COc1cccc(-c2c(C#N)c(N)c(C#N)c3c2COc2ccccc2-3)c1OC. The first kappa shape index (κ1) is 18.2. The molecule has 0 aromatic heterocycles. The molecule has 6 nitrogen and oxygen atoms in total. The molecule has 0 saturated carbocycles. The number of hydrogen-bond acceptors (Lipinski definition) is 6. The Hall–Kier alpha value is -4.16. The summed E-state index contributed by atoms with van der Waals surface area (Å²) in [5.41, 5.74) is 10.4. The summed E-state index contributed by atoms with van der Waals surface area (Å²) in [6.07, 6.45) is 0. The van der Waals surface area contributed by atoms with Gasteiger partial charge < -0.3 is 19.9 Å². The van der Waals surface area contributed by atoms with Crippen molar-refractivity contribution in [3.63, 3.8) is 0 Å². The zero-order valence-electron chi connectivity index (χ0n) is 15.9. The van der Waals surface area contributed by atoms with Crippen LogP contribution in [0.2, 0.25) is 0 Å². The largest absolute Gasteiger partial charge is 0.493 e. The highest BCUT2D eigenvalue weighted by atomic mass is 16.5. The summed E-state index contributed by atoms with van der Waals surface area (Å²) >= 11 is 0. The fourth-order valence-electron chi connectivity index (χ4n) is 3.83. The summed E-state index contributed by atoms with van der Waals surface area (Å²) in [5, 5.41) is 19.8. The van der Waals surface area contributed by atoms with Crippen LogP contribution >= 0.6 is 0 Å². The lowest BCUT2D eigenvalue weighted by molar-refractivity contribution is 0.302. The third kappa shape index (κ3) is 2.62. The molecule has 0 bridgehead atoms. The Morgan fingerprint density at radius 2 is 1.55 bits per heavy atom. The number of para-hydroxylation sites is 2. The molecule has 0 spiro atoms. The molecule has 0 radical (unpaired) electrons. The molecular formula is C23H17N3O3. The Bertz CT molecular complexity index is 1220. The van der Waals surface area contributed by atoms with Gasteiger partial charge in [-0.3, -0.25) is 0 Å². The maximum absolute atomic E-state index is 9.92. The van der Waals surface area contributed by atoms with E-state index < -0.39 is 0 Å². The lowest BCUT2D eigenvalue weighted by Crippen LogP contribution is -2.13. The number of hydrogen-bond donors (Lipinski definition) is 1. The minimum Gasteiger partial charge on any atom is -0.493 e. The molecule has 1 aliphatic rings. The lowest BCUT2D eigenvalue weighted by atomic mass is 9.82. The minimum atomic E-state index is 0.144. The van der Waals surface area contributed by atoms with E-state index in [9.17, 15) is 10.5 Å². The molecule has 0 atom stereocenters. The van der Waals surface area contributed by atoms with E-state index in [0.29, 0.717) is 33.9 Å². The fraction of sp³-hybridized carbons (Fsp3) is 0.130. The molecular weight excluding hydrogens is 366 g/mol. The van der Waals surface area contributed by atoms with Gasteiger partial charge in [-0.2, -0.15) is 10.5 Å². The average Bonchev–Trinajstić information content (AvgIpc) is 2.77. The van der Waals surface area contributed by atoms with Crippen molar-refractivity contribution < 1.29 is 14.2 Å². The van der Waals surface area contributed by atoms with Crippen molar-refractivity contribution in [3.8, 4) is 51.6 Å². The quantitative estimate of drug-likeness (QED) is 0.678. The van der Waals surface area contributed by atoms with Crippen molar-refractivity contribution in [2.75, 3.05) is 20.0 Å². The number of nitriles is 2. The molecule has 0 aliphatic carbocycles. The predicted octanol–water partition coefficient (Wildman–Crippen LogP) is 4.26. The molecule has 4 rings (SSSR count). The number of fused-ring (bicyclic) bond motifs is 3. The van der Waals surface area contributed by atoms with E-state index in [2.05, 4.69) is 12.1 Å². The van der Waals surface area contributed by atoms with Gasteiger partial charge in [0.2, 0.25) is 0 Å². The van der Waals surface area contributed by atoms with Crippen LogP contribution in [0, 0.1) is 22.7 Å². The van der Waals surface area contributed by atoms with Gasteiger partial charge in [0, 0.05) is 27.8 Å². The standard InChI is InChI=1S/C23H17N3O3/c1-27-19-9-5-7-14(23(19)28-2)21-16(11-25)22(26)15(10-24)20-13-6-3-4-8-18(13)29-12-17(20)21/h3-9H,12,26H2,1-2H3. The molecule has 0 unspecified atom stereocenters. The lowest BCUT2D eigenvalue weighted by Gasteiger charge is -2.27. The van der Waals surface area contributed by atoms with Crippen LogP contribution in [0.15, 0.2) is 42.5 Å². The maximum atomic E-state index is 9.92. The van der Waals surface area contributed by atoms with E-state index in [1.165, 1.54) is 0 Å². The number of methoxy groups -OCH3 is 2. The van der Waals surface area contributed by atoms with Crippen molar-refractivity contribution in [1.82, 2.24) is 0 Å². The summed E-state index contributed by atoms with van der Waals surface area (Å²) in [5.74, 6) is 1.68. The number of nitrogens with two attached hydrogens (primary N) is 1. The Morgan fingerprint density at radius 3 is 2.21 bits per heavy atom. The highest BCUT2D eigenvalue weighted by Crippen LogP contribution is 2.50. The number of nitrogens with zero attached hydrogens (tertiary/aromatic N) is 2. The third-order valence-corrected chi connectivity index (χ3v) is 5.07. The topological polar surface area (TPSA) is 101 Å². The number of ether oxygens (including phenoxy) is 3. The van der Waals surface area contributed by atoms with Crippen LogP contribution in [0.4, 0.5) is 5.69 Å². The van der Waals surface area contributed by atoms with Gasteiger partial charge in [-0.25, -0.2) is 0 Å². The Labute approximate surface area is 168 Å². The van der Waals surface area contributed by atoms with E-state index >= 15 is 0 Å². The van der Waals surface area contributed by atoms with Crippen LogP contribution in [-0.4, -0.2) is 14.2 Å². The number of nitrogen functional groups attached to an aromatic ring is 1. The molecule has 3 aromatic rings. The summed E-state index contributed by atoms with van der Waals surface area (Å²) in [6, 6.07) is 17.3. The first-order valence-electron chi connectivity index (χ1n) is 8.88. The smallest absolute Gasteiger partial charge is 0.168 e. The highest BCUT2D eigenvalue weighted by molar-refractivity contribution is 5.96. The van der Waals surface area contributed by atoms with Crippen LogP contribution in [0.5, 0.6) is 17.2 Å². The van der Waals surface area contributed by atoms with Gasteiger partial charge in [-0.1, -0.05) is 30.3 Å². The summed E-state index contributed by atoms with van der Waals surface area (Å²) in [7, 11) is 3.09. The van der Waals surface area contributed by atoms with Crippen molar-refractivity contribution in [2.45, 2.75) is 6.61 Å². The highest BCUT2D eigenvalue weighted by Gasteiger charge is 2.30. The minimum absolute atomic E-state index is 0.144. The van der Waals surface area contributed by atoms with E-state index in [-0.39, 0.29) is 23.4 Å². The van der Waals surface area contributed by atoms with Gasteiger partial charge in [0.05, 0.1) is 31.0 Å². The van der Waals surface area contributed by atoms with Crippen LogP contribution in [0.1, 0.15) is 16.7 Å². The Kier molecular flexibility index (Phi) is 4.46. The van der Waals surface area contributed by atoms with E-state index in [1.807, 2.05) is 36.4 Å². The van der Waals surface area contributed by atoms with E-state index in [0.717, 1.165) is 11.1 Å². The number of rotatable bonds is 3. The zero-order valence-corrected chi connectivity index (χ0v) is 15.9. The Balaban J connectivity index is 2.18. The second-order valence-electron chi connectivity index (χ2n) is 6.44. The molecule has 142 valence electrons. The van der Waals surface area contributed by atoms with Gasteiger partial charge in [-0.15, -0.1) is 0 Å². The predicted molar refractivity (Wildman–Crippen MR) is 109 cm³/mol. The van der Waals surface area contributed by atoms with Crippen molar-refractivity contribution >= 4 is 5.69 Å². The molecule has 2 N–H and O–H groups in total. The molecule has 29 heavy (non-hydrogen) atoms. The molecule has 1 heterocycles. The van der Waals surface area contributed by atoms with Crippen molar-refractivity contribution in [2.24, 2.45) is 0 Å². The van der Waals surface area contributed by atoms with Gasteiger partial charge in [0.25, 0.3) is 0 Å². The van der Waals surface area contributed by atoms with Crippen LogP contribution < -0.4 is 19.9 Å². The van der Waals surface area contributed by atoms with Gasteiger partial charge in [0.15, 0.2) is 11.5 Å². The molecule has 1 aliphatic heterocycles. The third-order valence-electron chi connectivity index (χ3n) is 5.07. The second-order valence-corrected chi connectivity index (χ2v) is 6.44. The van der Waals surface area contributed by atoms with E-state index in [4.69, 9.17) is 19.9 Å². The molecule has 0 amide bonds. The van der Waals surface area contributed by atoms with Crippen molar-refractivity contribution in [3.05, 3.63) is 59.2 Å². The maximum Gasteiger partial charge on any atom is 0.168 e. The normalized spacial score (nSPS) is 11.3. The fourth-order valence-corrected chi connectivity index (χ4v) is 3.83.